The zero-order valence-corrected chi connectivity index (χ0v) is 15.2. The van der Waals surface area contributed by atoms with E-state index >= 15 is 0 Å². The lowest BCUT2D eigenvalue weighted by Crippen LogP contribution is -2.35. The predicted octanol–water partition coefficient (Wildman–Crippen LogP) is 2.88. The number of para-hydroxylation sites is 1. The molecule has 0 spiro atoms. The first kappa shape index (κ1) is 18.4. The highest BCUT2D eigenvalue weighted by Gasteiger charge is 2.26. The summed E-state index contributed by atoms with van der Waals surface area (Å²) in [6.07, 6.45) is 2.82. The van der Waals surface area contributed by atoms with Crippen LogP contribution in [0, 0.1) is 0 Å². The Hall–Kier alpha value is -2.38. The van der Waals surface area contributed by atoms with Crippen LogP contribution >= 0.6 is 0 Å². The van der Waals surface area contributed by atoms with E-state index in [-0.39, 0.29) is 17.4 Å². The minimum absolute atomic E-state index is 0.146. The highest BCUT2D eigenvalue weighted by Crippen LogP contribution is 2.22. The lowest BCUT2D eigenvalue weighted by molar-refractivity contribution is -0.118. The van der Waals surface area contributed by atoms with Crippen LogP contribution in [0.2, 0.25) is 0 Å². The number of rotatable bonds is 6. The van der Waals surface area contributed by atoms with E-state index < -0.39 is 10.0 Å². The number of anilines is 1. The molecule has 0 aromatic heterocycles. The molecule has 0 saturated carbocycles. The molecule has 1 aliphatic rings. The Morgan fingerprint density at radius 3 is 2.46 bits per heavy atom. The number of ether oxygens (including phenoxy) is 1. The standard InChI is InChI=1S/C19H22N2O4S/c22-19(15-25-17-9-3-1-4-10-17)20-16-8-7-11-18(14-16)26(23,24)21-12-5-2-6-13-21/h1,3-4,7-11,14H,2,5-6,12-13,15H2,(H,20,22). The van der Waals surface area contributed by atoms with Gasteiger partial charge in [0.25, 0.3) is 5.91 Å². The maximum Gasteiger partial charge on any atom is 0.262 e. The highest BCUT2D eigenvalue weighted by molar-refractivity contribution is 7.89. The van der Waals surface area contributed by atoms with Crippen molar-refractivity contribution in [2.75, 3.05) is 25.0 Å². The lowest BCUT2D eigenvalue weighted by atomic mass is 10.2. The Morgan fingerprint density at radius 2 is 1.73 bits per heavy atom. The van der Waals surface area contributed by atoms with E-state index in [0.717, 1.165) is 19.3 Å². The molecule has 0 bridgehead atoms. The topological polar surface area (TPSA) is 75.7 Å². The van der Waals surface area contributed by atoms with E-state index in [4.69, 9.17) is 4.74 Å². The minimum atomic E-state index is -3.52. The van der Waals surface area contributed by atoms with Crippen molar-refractivity contribution in [2.24, 2.45) is 0 Å². The molecular formula is C19H22N2O4S. The van der Waals surface area contributed by atoms with Crippen molar-refractivity contribution in [3.8, 4) is 5.75 Å². The summed E-state index contributed by atoms with van der Waals surface area (Å²) < 4.78 is 32.4. The summed E-state index contributed by atoms with van der Waals surface area (Å²) in [6.45, 7) is 0.945. The van der Waals surface area contributed by atoms with E-state index in [1.54, 1.807) is 30.3 Å². The Kier molecular flexibility index (Phi) is 5.90. The van der Waals surface area contributed by atoms with Crippen LogP contribution in [-0.4, -0.2) is 38.3 Å². The normalized spacial score (nSPS) is 15.4. The number of sulfonamides is 1. The number of nitrogens with one attached hydrogen (secondary N) is 1. The van der Waals surface area contributed by atoms with Crippen LogP contribution in [0.5, 0.6) is 5.75 Å². The second kappa shape index (κ2) is 8.33. The molecule has 1 N–H and O–H groups in total. The monoisotopic (exact) mass is 374 g/mol. The molecule has 1 saturated heterocycles. The number of nitrogens with zero attached hydrogens (tertiary/aromatic N) is 1. The van der Waals surface area contributed by atoms with Crippen molar-refractivity contribution in [1.82, 2.24) is 4.31 Å². The molecule has 0 radical (unpaired) electrons. The van der Waals surface area contributed by atoms with E-state index in [0.29, 0.717) is 24.5 Å². The second-order valence-electron chi connectivity index (χ2n) is 6.14. The number of amides is 1. The maximum atomic E-state index is 12.7. The third kappa shape index (κ3) is 4.62. The molecule has 0 aliphatic carbocycles. The number of benzene rings is 2. The summed E-state index contributed by atoms with van der Waals surface area (Å²) in [4.78, 5) is 12.2. The van der Waals surface area contributed by atoms with Gasteiger partial charge in [0.05, 0.1) is 4.90 Å². The number of hydrogen-bond donors (Lipinski definition) is 1. The average Bonchev–Trinajstić information content (AvgIpc) is 2.68. The van der Waals surface area contributed by atoms with E-state index in [2.05, 4.69) is 5.32 Å². The quantitative estimate of drug-likeness (QED) is 0.844. The first-order chi connectivity index (χ1) is 12.6. The summed E-state index contributed by atoms with van der Waals surface area (Å²) in [5, 5.41) is 2.68. The molecule has 2 aromatic carbocycles. The van der Waals surface area contributed by atoms with Gasteiger partial charge in [0, 0.05) is 18.8 Å². The Balaban J connectivity index is 1.64. The fraction of sp³-hybridized carbons (Fsp3) is 0.316. The highest BCUT2D eigenvalue weighted by atomic mass is 32.2. The van der Waals surface area contributed by atoms with Crippen molar-refractivity contribution in [3.05, 3.63) is 54.6 Å². The molecule has 2 aromatic rings. The van der Waals surface area contributed by atoms with Gasteiger partial charge in [-0.15, -0.1) is 0 Å². The van der Waals surface area contributed by atoms with Crippen molar-refractivity contribution in [3.63, 3.8) is 0 Å². The van der Waals surface area contributed by atoms with E-state index in [9.17, 15) is 13.2 Å². The van der Waals surface area contributed by atoms with Crippen LogP contribution in [0.4, 0.5) is 5.69 Å². The molecule has 1 amide bonds. The predicted molar refractivity (Wildman–Crippen MR) is 99.6 cm³/mol. The van der Waals surface area contributed by atoms with Gasteiger partial charge in [0.1, 0.15) is 5.75 Å². The Bertz CT molecular complexity index is 847. The molecule has 0 atom stereocenters. The SMILES string of the molecule is O=C(COc1ccccc1)Nc1cccc(S(=O)(=O)N2CCCCC2)c1. The number of hydrogen-bond acceptors (Lipinski definition) is 4. The fourth-order valence-corrected chi connectivity index (χ4v) is 4.41. The lowest BCUT2D eigenvalue weighted by Gasteiger charge is -2.26. The van der Waals surface area contributed by atoms with Crippen LogP contribution in [0.1, 0.15) is 19.3 Å². The number of piperidine rings is 1. The zero-order chi connectivity index (χ0) is 18.4. The van der Waals surface area contributed by atoms with Crippen LogP contribution in [0.15, 0.2) is 59.5 Å². The van der Waals surface area contributed by atoms with Gasteiger partial charge in [-0.3, -0.25) is 4.79 Å². The van der Waals surface area contributed by atoms with Crippen LogP contribution in [0.25, 0.3) is 0 Å². The molecule has 1 fully saturated rings. The third-order valence-electron chi connectivity index (χ3n) is 4.18. The van der Waals surface area contributed by atoms with Gasteiger partial charge in [0.15, 0.2) is 6.61 Å². The van der Waals surface area contributed by atoms with Gasteiger partial charge < -0.3 is 10.1 Å². The third-order valence-corrected chi connectivity index (χ3v) is 6.08. The summed E-state index contributed by atoms with van der Waals surface area (Å²) in [6, 6.07) is 15.4. The average molecular weight is 374 g/mol. The second-order valence-corrected chi connectivity index (χ2v) is 8.08. The maximum absolute atomic E-state index is 12.7. The zero-order valence-electron chi connectivity index (χ0n) is 14.4. The summed E-state index contributed by atoms with van der Waals surface area (Å²) in [5.74, 6) is 0.255. The fourth-order valence-electron chi connectivity index (χ4n) is 2.85. The van der Waals surface area contributed by atoms with Gasteiger partial charge in [-0.1, -0.05) is 30.7 Å². The van der Waals surface area contributed by atoms with Gasteiger partial charge in [0.2, 0.25) is 10.0 Å². The molecule has 26 heavy (non-hydrogen) atoms. The summed E-state index contributed by atoms with van der Waals surface area (Å²) in [7, 11) is -3.52. The van der Waals surface area contributed by atoms with E-state index in [1.807, 2.05) is 18.2 Å². The Morgan fingerprint density at radius 1 is 1.00 bits per heavy atom. The van der Waals surface area contributed by atoms with Gasteiger partial charge in [-0.25, -0.2) is 8.42 Å². The number of carbonyl (C=O) groups excluding carboxylic acids is 1. The first-order valence-corrected chi connectivity index (χ1v) is 10.1. The first-order valence-electron chi connectivity index (χ1n) is 8.64. The number of carbonyl (C=O) groups is 1. The van der Waals surface area contributed by atoms with Crippen molar-refractivity contribution in [2.45, 2.75) is 24.2 Å². The van der Waals surface area contributed by atoms with E-state index in [1.165, 1.54) is 10.4 Å². The van der Waals surface area contributed by atoms with Crippen molar-refractivity contribution < 1.29 is 17.9 Å². The smallest absolute Gasteiger partial charge is 0.262 e. The largest absolute Gasteiger partial charge is 0.484 e. The van der Waals surface area contributed by atoms with Crippen molar-refractivity contribution >= 4 is 21.6 Å². The molecule has 6 nitrogen and oxygen atoms in total. The molecule has 1 aliphatic heterocycles. The van der Waals surface area contributed by atoms with Crippen molar-refractivity contribution in [1.29, 1.82) is 0 Å². The van der Waals surface area contributed by atoms with Gasteiger partial charge in [-0.05, 0) is 43.2 Å². The van der Waals surface area contributed by atoms with Crippen LogP contribution in [-0.2, 0) is 14.8 Å². The molecule has 138 valence electrons. The summed E-state index contributed by atoms with van der Waals surface area (Å²) >= 11 is 0. The van der Waals surface area contributed by atoms with Crippen LogP contribution < -0.4 is 10.1 Å². The minimum Gasteiger partial charge on any atom is -0.484 e. The summed E-state index contributed by atoms with van der Waals surface area (Å²) in [5.41, 5.74) is 0.435. The molecule has 3 rings (SSSR count). The Labute approximate surface area is 153 Å². The van der Waals surface area contributed by atoms with Crippen LogP contribution in [0.3, 0.4) is 0 Å². The molecule has 1 heterocycles. The molecule has 0 unspecified atom stereocenters. The van der Waals surface area contributed by atoms with Gasteiger partial charge >= 0.3 is 0 Å². The molecular weight excluding hydrogens is 352 g/mol. The van der Waals surface area contributed by atoms with Gasteiger partial charge in [-0.2, -0.15) is 4.31 Å². The molecule has 7 heteroatoms.